The molecule has 0 aliphatic carbocycles. The SMILES string of the molecule is CC(Oc1cc(-c2cnc3ccc(CN4CCC(O)CC4)cn23)sc1CC(N)=O)c1ccccc1Cl. The zero-order valence-electron chi connectivity index (χ0n) is 20.1. The Kier molecular flexibility index (Phi) is 7.29. The molecule has 3 aromatic heterocycles. The van der Waals surface area contributed by atoms with E-state index in [9.17, 15) is 9.90 Å². The third-order valence-corrected chi connectivity index (χ3v) is 8.02. The molecule has 4 heterocycles. The number of fused-ring (bicyclic) bond motifs is 1. The maximum atomic E-state index is 11.8. The summed E-state index contributed by atoms with van der Waals surface area (Å²) in [4.78, 5) is 20.5. The largest absolute Gasteiger partial charge is 0.485 e. The van der Waals surface area contributed by atoms with Crippen LogP contribution >= 0.6 is 22.9 Å². The predicted octanol–water partition coefficient (Wildman–Crippen LogP) is 4.84. The molecule has 36 heavy (non-hydrogen) atoms. The van der Waals surface area contributed by atoms with Crippen molar-refractivity contribution >= 4 is 34.5 Å². The first-order valence-electron chi connectivity index (χ1n) is 12.1. The smallest absolute Gasteiger partial charge is 0.222 e. The van der Waals surface area contributed by atoms with Gasteiger partial charge in [-0.1, -0.05) is 35.9 Å². The Morgan fingerprint density at radius 3 is 2.81 bits per heavy atom. The van der Waals surface area contributed by atoms with Gasteiger partial charge in [-0.3, -0.25) is 14.1 Å². The van der Waals surface area contributed by atoms with E-state index in [1.54, 1.807) is 0 Å². The van der Waals surface area contributed by atoms with Crippen LogP contribution in [0.4, 0.5) is 0 Å². The monoisotopic (exact) mass is 524 g/mol. The lowest BCUT2D eigenvalue weighted by molar-refractivity contribution is -0.117. The van der Waals surface area contributed by atoms with Gasteiger partial charge in [-0.05, 0) is 37.5 Å². The van der Waals surface area contributed by atoms with E-state index in [1.165, 1.54) is 16.9 Å². The molecule has 7 nitrogen and oxygen atoms in total. The minimum Gasteiger partial charge on any atom is -0.485 e. The van der Waals surface area contributed by atoms with Gasteiger partial charge in [0.2, 0.25) is 5.91 Å². The molecule has 1 atom stereocenters. The number of benzene rings is 1. The maximum absolute atomic E-state index is 11.8. The number of halogens is 1. The molecule has 1 aromatic carbocycles. The highest BCUT2D eigenvalue weighted by molar-refractivity contribution is 7.15. The number of rotatable bonds is 8. The summed E-state index contributed by atoms with van der Waals surface area (Å²) in [7, 11) is 0. The summed E-state index contributed by atoms with van der Waals surface area (Å²) in [5, 5.41) is 10.4. The Bertz CT molecular complexity index is 1380. The predicted molar refractivity (Wildman–Crippen MR) is 142 cm³/mol. The number of imidazole rings is 1. The quantitative estimate of drug-likeness (QED) is 0.344. The summed E-state index contributed by atoms with van der Waals surface area (Å²) in [6.07, 6.45) is 5.19. The maximum Gasteiger partial charge on any atom is 0.222 e. The fourth-order valence-electron chi connectivity index (χ4n) is 4.61. The summed E-state index contributed by atoms with van der Waals surface area (Å²) < 4.78 is 8.38. The van der Waals surface area contributed by atoms with E-state index >= 15 is 0 Å². The molecule has 1 aliphatic rings. The third kappa shape index (κ3) is 5.42. The van der Waals surface area contributed by atoms with Crippen LogP contribution in [0, 0.1) is 0 Å². The highest BCUT2D eigenvalue weighted by Gasteiger charge is 2.21. The number of likely N-dealkylation sites (tertiary alicyclic amines) is 1. The van der Waals surface area contributed by atoms with E-state index in [4.69, 9.17) is 22.1 Å². The standard InChI is InChI=1S/C27H29ClN4O3S/c1-17(20-4-2-3-5-21(20)28)35-23-12-24(36-25(23)13-26(29)34)22-14-30-27-7-6-18(16-32(22)27)15-31-10-8-19(33)9-11-31/h2-7,12,14,16-17,19,33H,8-11,13,15H2,1H3,(H2,29,34). The Morgan fingerprint density at radius 1 is 1.28 bits per heavy atom. The molecule has 4 aromatic rings. The average Bonchev–Trinajstić information content (AvgIpc) is 3.44. The fourth-order valence-corrected chi connectivity index (χ4v) is 6.01. The summed E-state index contributed by atoms with van der Waals surface area (Å²) in [5.41, 5.74) is 9.38. The number of aliphatic hydroxyl groups excluding tert-OH is 1. The molecule has 0 radical (unpaired) electrons. The number of aromatic nitrogens is 2. The van der Waals surface area contributed by atoms with Crippen molar-refractivity contribution in [3.8, 4) is 16.3 Å². The number of nitrogens with two attached hydrogens (primary N) is 1. The zero-order chi connectivity index (χ0) is 25.2. The number of carbonyl (C=O) groups is 1. The summed E-state index contributed by atoms with van der Waals surface area (Å²) in [5.74, 6) is 0.213. The molecule has 188 valence electrons. The molecule has 0 spiro atoms. The van der Waals surface area contributed by atoms with Crippen molar-refractivity contribution in [1.82, 2.24) is 14.3 Å². The molecule has 0 saturated carbocycles. The number of primary amides is 1. The number of ether oxygens (including phenoxy) is 1. The first kappa shape index (κ1) is 24.8. The Labute approximate surface area is 219 Å². The molecular formula is C27H29ClN4O3S. The Balaban J connectivity index is 1.44. The zero-order valence-corrected chi connectivity index (χ0v) is 21.6. The molecule has 0 bridgehead atoms. The number of hydrogen-bond acceptors (Lipinski definition) is 6. The summed E-state index contributed by atoms with van der Waals surface area (Å²) in [6.45, 7) is 4.54. The molecule has 1 amide bonds. The minimum absolute atomic E-state index is 0.0953. The lowest BCUT2D eigenvalue weighted by Crippen LogP contribution is -2.35. The van der Waals surface area contributed by atoms with Crippen molar-refractivity contribution in [2.24, 2.45) is 5.73 Å². The van der Waals surface area contributed by atoms with Crippen LogP contribution in [0.25, 0.3) is 16.2 Å². The molecule has 3 N–H and O–H groups in total. The first-order chi connectivity index (χ1) is 17.4. The van der Waals surface area contributed by atoms with Crippen LogP contribution < -0.4 is 10.5 Å². The number of carbonyl (C=O) groups excluding carboxylic acids is 1. The van der Waals surface area contributed by atoms with Gasteiger partial charge in [-0.25, -0.2) is 4.98 Å². The summed E-state index contributed by atoms with van der Waals surface area (Å²) in [6, 6.07) is 13.7. The number of nitrogens with zero attached hydrogens (tertiary/aromatic N) is 3. The second kappa shape index (κ2) is 10.6. The second-order valence-electron chi connectivity index (χ2n) is 9.24. The van der Waals surface area contributed by atoms with Crippen LogP contribution in [-0.2, 0) is 17.8 Å². The van der Waals surface area contributed by atoms with Gasteiger partial charge in [0.05, 0.1) is 34.2 Å². The Hall–Kier alpha value is -2.91. The number of thiophene rings is 1. The van der Waals surface area contributed by atoms with E-state index in [1.807, 2.05) is 49.5 Å². The highest BCUT2D eigenvalue weighted by Crippen LogP contribution is 2.39. The molecule has 1 unspecified atom stereocenters. The van der Waals surface area contributed by atoms with Crippen LogP contribution in [0.15, 0.2) is 54.9 Å². The Morgan fingerprint density at radius 2 is 2.06 bits per heavy atom. The van der Waals surface area contributed by atoms with Gasteiger partial charge in [0.1, 0.15) is 17.5 Å². The highest BCUT2D eigenvalue weighted by atomic mass is 35.5. The summed E-state index contributed by atoms with van der Waals surface area (Å²) >= 11 is 7.86. The lowest BCUT2D eigenvalue weighted by atomic mass is 10.1. The topological polar surface area (TPSA) is 93.1 Å². The van der Waals surface area contributed by atoms with Crippen LogP contribution in [0.5, 0.6) is 5.75 Å². The molecule has 9 heteroatoms. The van der Waals surface area contributed by atoms with E-state index in [2.05, 4.69) is 26.5 Å². The van der Waals surface area contributed by atoms with E-state index in [0.717, 1.165) is 59.1 Å². The molecular weight excluding hydrogens is 496 g/mol. The fraction of sp³-hybridized carbons (Fsp3) is 0.333. The first-order valence-corrected chi connectivity index (χ1v) is 13.3. The van der Waals surface area contributed by atoms with Crippen molar-refractivity contribution in [3.05, 3.63) is 75.9 Å². The minimum atomic E-state index is -0.411. The lowest BCUT2D eigenvalue weighted by Gasteiger charge is -2.29. The van der Waals surface area contributed by atoms with Gasteiger partial charge >= 0.3 is 0 Å². The average molecular weight is 525 g/mol. The molecule has 1 aliphatic heterocycles. The van der Waals surface area contributed by atoms with Crippen molar-refractivity contribution in [2.75, 3.05) is 13.1 Å². The van der Waals surface area contributed by atoms with Gasteiger partial charge < -0.3 is 15.6 Å². The van der Waals surface area contributed by atoms with Crippen LogP contribution in [0.3, 0.4) is 0 Å². The van der Waals surface area contributed by atoms with Gasteiger partial charge in [0, 0.05) is 42.5 Å². The van der Waals surface area contributed by atoms with E-state index in [-0.39, 0.29) is 18.6 Å². The van der Waals surface area contributed by atoms with Crippen molar-refractivity contribution < 1.29 is 14.6 Å². The van der Waals surface area contributed by atoms with E-state index in [0.29, 0.717) is 10.8 Å². The number of amides is 1. The van der Waals surface area contributed by atoms with Crippen LogP contribution in [-0.4, -0.2) is 44.5 Å². The van der Waals surface area contributed by atoms with Crippen molar-refractivity contribution in [3.63, 3.8) is 0 Å². The van der Waals surface area contributed by atoms with Gasteiger partial charge in [-0.15, -0.1) is 11.3 Å². The molecule has 5 rings (SSSR count). The third-order valence-electron chi connectivity index (χ3n) is 6.53. The number of pyridine rings is 1. The number of hydrogen-bond donors (Lipinski definition) is 2. The van der Waals surface area contributed by atoms with Crippen molar-refractivity contribution in [1.29, 1.82) is 0 Å². The van der Waals surface area contributed by atoms with Crippen LogP contribution in [0.1, 0.15) is 41.9 Å². The van der Waals surface area contributed by atoms with Crippen LogP contribution in [0.2, 0.25) is 5.02 Å². The number of aliphatic hydroxyl groups is 1. The van der Waals surface area contributed by atoms with Gasteiger partial charge in [0.15, 0.2) is 0 Å². The van der Waals surface area contributed by atoms with Crippen molar-refractivity contribution in [2.45, 2.75) is 44.9 Å². The van der Waals surface area contributed by atoms with Gasteiger partial charge in [-0.2, -0.15) is 0 Å². The van der Waals surface area contributed by atoms with E-state index < -0.39 is 5.91 Å². The molecule has 1 fully saturated rings. The molecule has 1 saturated heterocycles. The normalized spacial score (nSPS) is 15.9. The van der Waals surface area contributed by atoms with Gasteiger partial charge in [0.25, 0.3) is 0 Å². The second-order valence-corrected chi connectivity index (χ2v) is 10.8. The number of piperidine rings is 1.